The zero-order valence-electron chi connectivity index (χ0n) is 11.3. The number of rotatable bonds is 3. The monoisotopic (exact) mass is 312 g/mol. The van der Waals surface area contributed by atoms with E-state index in [9.17, 15) is 0 Å². The number of benzene rings is 3. The summed E-state index contributed by atoms with van der Waals surface area (Å²) < 4.78 is 0. The van der Waals surface area contributed by atoms with Crippen molar-refractivity contribution in [2.24, 2.45) is 0 Å². The van der Waals surface area contributed by atoms with Crippen molar-refractivity contribution in [2.45, 2.75) is 0 Å². The van der Waals surface area contributed by atoms with Gasteiger partial charge in [0.1, 0.15) is 0 Å². The Morgan fingerprint density at radius 1 is 0.400 bits per heavy atom. The highest BCUT2D eigenvalue weighted by Crippen LogP contribution is 2.32. The molecule has 3 aromatic carbocycles. The van der Waals surface area contributed by atoms with Gasteiger partial charge in [0.15, 0.2) is 0 Å². The van der Waals surface area contributed by atoms with Crippen molar-refractivity contribution in [3.8, 4) is 0 Å². The average Bonchev–Trinajstić information content (AvgIpc) is 2.51. The maximum absolute atomic E-state index is 2.23. The molecule has 3 N–H and O–H groups in total. The predicted molar refractivity (Wildman–Crippen MR) is 90.2 cm³/mol. The molecule has 0 saturated carbocycles. The molecule has 1 nitrogen and oxygen atoms in total. The maximum Gasteiger partial charge on any atom is -0.0134 e. The summed E-state index contributed by atoms with van der Waals surface area (Å²) >= 11 is 0. The molecule has 0 unspecified atom stereocenters. The summed E-state index contributed by atoms with van der Waals surface area (Å²) in [5, 5.41) is 4.19. The van der Waals surface area contributed by atoms with Crippen molar-refractivity contribution in [3.63, 3.8) is 0 Å². The van der Waals surface area contributed by atoms with Gasteiger partial charge >= 0.3 is 0 Å². The van der Waals surface area contributed by atoms with Gasteiger partial charge in [-0.05, 0) is 23.8 Å². The van der Waals surface area contributed by atoms with Crippen LogP contribution in [0.3, 0.4) is 0 Å². The second kappa shape index (κ2) is 7.00. The molecule has 0 fully saturated rings. The highest BCUT2D eigenvalue weighted by Gasteiger charge is 2.14. The van der Waals surface area contributed by atoms with E-state index in [1.54, 1.807) is 0 Å². The van der Waals surface area contributed by atoms with Crippen LogP contribution in [0.25, 0.3) is 0 Å². The van der Waals surface area contributed by atoms with E-state index in [4.69, 9.17) is 0 Å². The molecule has 0 aliphatic heterocycles. The summed E-state index contributed by atoms with van der Waals surface area (Å²) in [5.74, 6) is 0. The third kappa shape index (κ3) is 3.14. The van der Waals surface area contributed by atoms with E-state index in [1.165, 1.54) is 15.9 Å². The van der Waals surface area contributed by atoms with E-state index in [1.807, 2.05) is 0 Å². The fourth-order valence-corrected chi connectivity index (χ4v) is 4.48. The van der Waals surface area contributed by atoms with Gasteiger partial charge in [0.25, 0.3) is 0 Å². The minimum absolute atomic E-state index is 0. The summed E-state index contributed by atoms with van der Waals surface area (Å²) in [6.45, 7) is 0. The van der Waals surface area contributed by atoms with Crippen molar-refractivity contribution in [3.05, 3.63) is 91.0 Å². The molecule has 0 spiro atoms. The minimum Gasteiger partial charge on any atom is -0.344 e. The lowest BCUT2D eigenvalue weighted by Crippen LogP contribution is -2.20. The van der Waals surface area contributed by atoms with Crippen LogP contribution in [0, 0.1) is 0 Å². The van der Waals surface area contributed by atoms with Gasteiger partial charge in [-0.2, -0.15) is 0 Å². The zero-order chi connectivity index (χ0) is 12.9. The molecule has 0 saturated heterocycles. The summed E-state index contributed by atoms with van der Waals surface area (Å²) in [6, 6.07) is 32.3. The third-order valence-corrected chi connectivity index (χ3v) is 5.49. The zero-order valence-corrected chi connectivity index (χ0v) is 12.2. The van der Waals surface area contributed by atoms with Gasteiger partial charge in [-0.15, -0.1) is 0 Å². The Balaban J connectivity index is 0.00000147. The molecule has 3 rings (SSSR count). The molecule has 0 aliphatic rings. The van der Waals surface area contributed by atoms with Crippen molar-refractivity contribution in [1.82, 2.24) is 6.15 Å². The molecule has 0 aromatic heterocycles. The molecule has 0 aliphatic carbocycles. The molecule has 0 atom stereocenters. The molecule has 3 aromatic rings. The Labute approximate surface area is 121 Å². The van der Waals surface area contributed by atoms with Crippen LogP contribution in [0.5, 0.6) is 0 Å². The lowest BCUT2D eigenvalue weighted by Gasteiger charge is -2.18. The fraction of sp³-hybridized carbons (Fsp3) is 0. The molecule has 0 heterocycles. The summed E-state index contributed by atoms with van der Waals surface area (Å²) in [6.07, 6.45) is 0. The van der Waals surface area contributed by atoms with Crippen molar-refractivity contribution in [2.75, 3.05) is 0 Å². The normalized spacial score (nSPS) is 10.1. The van der Waals surface area contributed by atoms with Gasteiger partial charge in [-0.25, -0.2) is 0 Å². The van der Waals surface area contributed by atoms with Crippen LogP contribution in [0.4, 0.5) is 0 Å². The Kier molecular flexibility index (Phi) is 5.06. The quantitative estimate of drug-likeness (QED) is 0.737. The van der Waals surface area contributed by atoms with Crippen LogP contribution >= 0.6 is 7.92 Å². The van der Waals surface area contributed by atoms with Crippen molar-refractivity contribution in [1.29, 1.82) is 0 Å². The summed E-state index contributed by atoms with van der Waals surface area (Å²) in [4.78, 5) is 0. The lowest BCUT2D eigenvalue weighted by atomic mass is 10.4. The predicted octanol–water partition coefficient (Wildman–Crippen LogP) is 3.61. The van der Waals surface area contributed by atoms with Crippen LogP contribution in [-0.2, 0) is 0 Å². The summed E-state index contributed by atoms with van der Waals surface area (Å²) in [5.41, 5.74) is 0. The van der Waals surface area contributed by atoms with Crippen LogP contribution in [0.2, 0.25) is 0 Å². The Bertz CT molecular complexity index is 529. The van der Waals surface area contributed by atoms with Crippen LogP contribution in [-0.4, -0.2) is 0 Å². The molecule has 20 heavy (non-hydrogen) atoms. The van der Waals surface area contributed by atoms with E-state index in [2.05, 4.69) is 91.0 Å². The van der Waals surface area contributed by atoms with Crippen LogP contribution in [0.15, 0.2) is 91.0 Å². The Morgan fingerprint density at radius 2 is 0.650 bits per heavy atom. The lowest BCUT2D eigenvalue weighted by molar-refractivity contribution is 1.74. The first-order valence-corrected chi connectivity index (χ1v) is 7.74. The second-order valence-corrected chi connectivity index (χ2v) is 6.56. The molecular weight excluding hydrogens is 294 g/mol. The molecule has 100 valence electrons. The highest BCUT2D eigenvalue weighted by molar-refractivity contribution is 7.79. The highest BCUT2D eigenvalue weighted by atomic mass is 47.0. The van der Waals surface area contributed by atoms with Crippen molar-refractivity contribution < 1.29 is 0 Å². The van der Waals surface area contributed by atoms with Gasteiger partial charge in [0.05, 0.1) is 0 Å². The van der Waals surface area contributed by atoms with Crippen LogP contribution in [0.1, 0.15) is 0 Å². The first kappa shape index (κ1) is 14.5. The van der Waals surface area contributed by atoms with Gasteiger partial charge in [0, 0.05) is 0 Å². The minimum atomic E-state index is -0.446. The first-order valence-electron chi connectivity index (χ1n) is 6.40. The Hall–Kier alpha value is -1.95. The van der Waals surface area contributed by atoms with E-state index in [0.717, 1.165) is 0 Å². The topological polar surface area (TPSA) is 35.0 Å². The van der Waals surface area contributed by atoms with Crippen LogP contribution < -0.4 is 22.1 Å². The standard InChI is InChI=1S/C18H15P.H3N/c1-4-10-16(11-5-1)19(17-12-6-2-7-13-17)18-14-8-3-9-15-18;/h1-15H;1H3/i;1+33. The van der Waals surface area contributed by atoms with Gasteiger partial charge in [0.2, 0.25) is 0 Å². The van der Waals surface area contributed by atoms with Gasteiger partial charge < -0.3 is 6.15 Å². The molecule has 0 amide bonds. The third-order valence-electron chi connectivity index (χ3n) is 3.04. The smallest absolute Gasteiger partial charge is 0.0134 e. The SMILES string of the molecule is [47NH3].c1ccc(P(c2ccccc2)c2ccccc2)cc1. The summed E-state index contributed by atoms with van der Waals surface area (Å²) in [7, 11) is -0.446. The second-order valence-electron chi connectivity index (χ2n) is 4.34. The molecule has 2 heteroatoms. The van der Waals surface area contributed by atoms with E-state index in [-0.39, 0.29) is 6.15 Å². The average molecular weight is 312 g/mol. The van der Waals surface area contributed by atoms with E-state index in [0.29, 0.717) is 0 Å². The maximum atomic E-state index is 2.23. The van der Waals surface area contributed by atoms with Gasteiger partial charge in [-0.1, -0.05) is 91.0 Å². The van der Waals surface area contributed by atoms with E-state index >= 15 is 0 Å². The first-order chi connectivity index (χ1) is 9.45. The number of hydrogen-bond acceptors (Lipinski definition) is 1. The Morgan fingerprint density at radius 3 is 0.900 bits per heavy atom. The number of hydrogen-bond donors (Lipinski definition) is 1. The van der Waals surface area contributed by atoms with Gasteiger partial charge in [-0.3, -0.25) is 0 Å². The largest absolute Gasteiger partial charge is 0.344 e. The van der Waals surface area contributed by atoms with Crippen molar-refractivity contribution >= 4 is 23.8 Å². The molecule has 0 bridgehead atoms. The molecule has 0 radical (unpaired) electrons. The van der Waals surface area contributed by atoms with E-state index < -0.39 is 7.92 Å². The fourth-order valence-electron chi connectivity index (χ4n) is 2.18. The molecular formula is C18H18NP.